The molecule has 0 heterocycles. The summed E-state index contributed by atoms with van der Waals surface area (Å²) in [7, 11) is 1.71. The van der Waals surface area contributed by atoms with Gasteiger partial charge in [-0.25, -0.2) is 0 Å². The molecule has 0 fully saturated rings. The minimum Gasteiger partial charge on any atom is -0.497 e. The molecule has 0 aromatic heterocycles. The summed E-state index contributed by atoms with van der Waals surface area (Å²) in [6.45, 7) is 5.44. The van der Waals surface area contributed by atoms with Crippen LogP contribution < -0.4 is 10.1 Å². The first-order valence-corrected chi connectivity index (χ1v) is 7.19. The van der Waals surface area contributed by atoms with Crippen LogP contribution in [0.3, 0.4) is 0 Å². The Kier molecular flexibility index (Phi) is 7.51. The predicted molar refractivity (Wildman–Crippen MR) is 78.2 cm³/mol. The van der Waals surface area contributed by atoms with Gasteiger partial charge in [-0.2, -0.15) is 0 Å². The summed E-state index contributed by atoms with van der Waals surface area (Å²) in [5.41, 5.74) is 1.37. The van der Waals surface area contributed by atoms with E-state index in [1.165, 1.54) is 37.7 Å². The molecule has 1 aromatic rings. The van der Waals surface area contributed by atoms with E-state index in [9.17, 15) is 0 Å². The Morgan fingerprint density at radius 3 is 2.33 bits per heavy atom. The van der Waals surface area contributed by atoms with E-state index in [0.29, 0.717) is 6.04 Å². The molecule has 0 aliphatic rings. The van der Waals surface area contributed by atoms with Crippen molar-refractivity contribution in [1.29, 1.82) is 0 Å². The minimum absolute atomic E-state index is 0.484. The van der Waals surface area contributed by atoms with Crippen LogP contribution >= 0.6 is 0 Å². The van der Waals surface area contributed by atoms with E-state index in [2.05, 4.69) is 31.3 Å². The fraction of sp³-hybridized carbons (Fsp3) is 0.625. The summed E-state index contributed by atoms with van der Waals surface area (Å²) in [5.74, 6) is 0.931. The highest BCUT2D eigenvalue weighted by molar-refractivity contribution is 5.29. The second-order valence-corrected chi connectivity index (χ2v) is 4.73. The molecule has 1 atom stereocenters. The SMILES string of the molecule is CCCCCCC(NCC)c1ccc(OC)cc1. The summed E-state index contributed by atoms with van der Waals surface area (Å²) in [6.07, 6.45) is 6.52. The van der Waals surface area contributed by atoms with E-state index in [-0.39, 0.29) is 0 Å². The van der Waals surface area contributed by atoms with Gasteiger partial charge in [0, 0.05) is 6.04 Å². The second-order valence-electron chi connectivity index (χ2n) is 4.73. The van der Waals surface area contributed by atoms with Gasteiger partial charge in [0.1, 0.15) is 5.75 Å². The lowest BCUT2D eigenvalue weighted by Gasteiger charge is -2.18. The largest absolute Gasteiger partial charge is 0.497 e. The lowest BCUT2D eigenvalue weighted by Crippen LogP contribution is -2.20. The zero-order valence-electron chi connectivity index (χ0n) is 12.0. The summed E-state index contributed by atoms with van der Waals surface area (Å²) in [4.78, 5) is 0. The highest BCUT2D eigenvalue weighted by Gasteiger charge is 2.09. The second kappa shape index (κ2) is 8.98. The third-order valence-electron chi connectivity index (χ3n) is 3.32. The van der Waals surface area contributed by atoms with E-state index < -0.39 is 0 Å². The zero-order chi connectivity index (χ0) is 13.2. The van der Waals surface area contributed by atoms with Gasteiger partial charge in [-0.1, -0.05) is 51.7 Å². The molecule has 0 spiro atoms. The monoisotopic (exact) mass is 249 g/mol. The van der Waals surface area contributed by atoms with E-state index in [1.807, 2.05) is 12.1 Å². The average Bonchev–Trinajstić information content (AvgIpc) is 2.42. The van der Waals surface area contributed by atoms with Crippen LogP contribution in [0.15, 0.2) is 24.3 Å². The molecule has 0 bridgehead atoms. The average molecular weight is 249 g/mol. The normalized spacial score (nSPS) is 12.4. The molecule has 1 N–H and O–H groups in total. The standard InChI is InChI=1S/C16H27NO/c1-4-6-7-8-9-16(17-5-2)14-10-12-15(18-3)13-11-14/h10-13,16-17H,4-9H2,1-3H3. The highest BCUT2D eigenvalue weighted by atomic mass is 16.5. The van der Waals surface area contributed by atoms with Crippen molar-refractivity contribution < 1.29 is 4.74 Å². The fourth-order valence-electron chi connectivity index (χ4n) is 2.24. The Labute approximate surface area is 112 Å². The molecule has 18 heavy (non-hydrogen) atoms. The maximum Gasteiger partial charge on any atom is 0.118 e. The van der Waals surface area contributed by atoms with Gasteiger partial charge in [-0.15, -0.1) is 0 Å². The Bertz CT molecular complexity index is 307. The molecule has 2 heteroatoms. The fourth-order valence-corrected chi connectivity index (χ4v) is 2.24. The molecule has 0 aliphatic carbocycles. The molecule has 1 aromatic carbocycles. The van der Waals surface area contributed by atoms with Crippen molar-refractivity contribution in [2.45, 2.75) is 52.0 Å². The third-order valence-corrected chi connectivity index (χ3v) is 3.32. The van der Waals surface area contributed by atoms with Gasteiger partial charge in [0.05, 0.1) is 7.11 Å². The number of hydrogen-bond donors (Lipinski definition) is 1. The number of nitrogens with one attached hydrogen (secondary N) is 1. The number of rotatable bonds is 9. The van der Waals surface area contributed by atoms with E-state index in [0.717, 1.165) is 12.3 Å². The molecule has 1 rings (SSSR count). The van der Waals surface area contributed by atoms with Crippen molar-refractivity contribution in [3.05, 3.63) is 29.8 Å². The van der Waals surface area contributed by atoms with Crippen LogP contribution in [-0.4, -0.2) is 13.7 Å². The van der Waals surface area contributed by atoms with E-state index in [4.69, 9.17) is 4.74 Å². The van der Waals surface area contributed by atoms with Gasteiger partial charge in [-0.3, -0.25) is 0 Å². The molecule has 0 saturated carbocycles. The van der Waals surface area contributed by atoms with Crippen LogP contribution in [0.2, 0.25) is 0 Å². The first-order valence-electron chi connectivity index (χ1n) is 7.19. The van der Waals surface area contributed by atoms with Crippen molar-refractivity contribution >= 4 is 0 Å². The van der Waals surface area contributed by atoms with Gasteiger partial charge in [0.2, 0.25) is 0 Å². The zero-order valence-corrected chi connectivity index (χ0v) is 12.0. The molecule has 0 aliphatic heterocycles. The first kappa shape index (κ1) is 15.0. The van der Waals surface area contributed by atoms with Crippen molar-refractivity contribution in [3.63, 3.8) is 0 Å². The van der Waals surface area contributed by atoms with E-state index >= 15 is 0 Å². The number of methoxy groups -OCH3 is 1. The maximum atomic E-state index is 5.20. The highest BCUT2D eigenvalue weighted by Crippen LogP contribution is 2.22. The maximum absolute atomic E-state index is 5.20. The predicted octanol–water partition coefficient (Wildman–Crippen LogP) is 4.32. The van der Waals surface area contributed by atoms with Crippen LogP contribution in [-0.2, 0) is 0 Å². The van der Waals surface area contributed by atoms with Crippen LogP contribution in [0.1, 0.15) is 57.6 Å². The van der Waals surface area contributed by atoms with Crippen molar-refractivity contribution in [2.24, 2.45) is 0 Å². The van der Waals surface area contributed by atoms with Gasteiger partial charge < -0.3 is 10.1 Å². The van der Waals surface area contributed by atoms with Gasteiger partial charge in [0.25, 0.3) is 0 Å². The minimum atomic E-state index is 0.484. The Balaban J connectivity index is 2.53. The summed E-state index contributed by atoms with van der Waals surface area (Å²) in [5, 5.41) is 3.57. The summed E-state index contributed by atoms with van der Waals surface area (Å²) >= 11 is 0. The lowest BCUT2D eigenvalue weighted by molar-refractivity contribution is 0.414. The first-order chi connectivity index (χ1) is 8.81. The molecular weight excluding hydrogens is 222 g/mol. The molecule has 0 amide bonds. The third kappa shape index (κ3) is 5.09. The van der Waals surface area contributed by atoms with Crippen molar-refractivity contribution in [1.82, 2.24) is 5.32 Å². The van der Waals surface area contributed by atoms with Crippen LogP contribution in [0.5, 0.6) is 5.75 Å². The molecular formula is C16H27NO. The quantitative estimate of drug-likeness (QED) is 0.658. The van der Waals surface area contributed by atoms with Crippen molar-refractivity contribution in [2.75, 3.05) is 13.7 Å². The molecule has 1 unspecified atom stereocenters. The number of unbranched alkanes of at least 4 members (excludes halogenated alkanes) is 3. The van der Waals surface area contributed by atoms with Crippen molar-refractivity contribution in [3.8, 4) is 5.75 Å². The van der Waals surface area contributed by atoms with Gasteiger partial charge in [0.15, 0.2) is 0 Å². The van der Waals surface area contributed by atoms with Gasteiger partial charge in [-0.05, 0) is 30.7 Å². The van der Waals surface area contributed by atoms with Crippen LogP contribution in [0.4, 0.5) is 0 Å². The van der Waals surface area contributed by atoms with Gasteiger partial charge >= 0.3 is 0 Å². The Morgan fingerprint density at radius 1 is 1.06 bits per heavy atom. The topological polar surface area (TPSA) is 21.3 Å². The van der Waals surface area contributed by atoms with Crippen LogP contribution in [0.25, 0.3) is 0 Å². The lowest BCUT2D eigenvalue weighted by atomic mass is 10.00. The molecule has 102 valence electrons. The Hall–Kier alpha value is -1.02. The molecule has 2 nitrogen and oxygen atoms in total. The smallest absolute Gasteiger partial charge is 0.118 e. The Morgan fingerprint density at radius 2 is 1.78 bits per heavy atom. The van der Waals surface area contributed by atoms with E-state index in [1.54, 1.807) is 7.11 Å². The van der Waals surface area contributed by atoms with Crippen LogP contribution in [0, 0.1) is 0 Å². The molecule has 0 radical (unpaired) electrons. The number of ether oxygens (including phenoxy) is 1. The summed E-state index contributed by atoms with van der Waals surface area (Å²) in [6, 6.07) is 8.92. The number of benzene rings is 1. The molecule has 0 saturated heterocycles. The summed E-state index contributed by atoms with van der Waals surface area (Å²) < 4.78 is 5.20. The number of hydrogen-bond acceptors (Lipinski definition) is 2.